The van der Waals surface area contributed by atoms with E-state index in [2.05, 4.69) is 5.32 Å². The zero-order valence-electron chi connectivity index (χ0n) is 3.82. The predicted molar refractivity (Wildman–Crippen MR) is 32.9 cm³/mol. The van der Waals surface area contributed by atoms with Gasteiger partial charge in [-0.3, -0.25) is 0 Å². The van der Waals surface area contributed by atoms with E-state index in [4.69, 9.17) is 17.6 Å². The first-order valence-corrected chi connectivity index (χ1v) is 2.57. The molecule has 7 heavy (non-hydrogen) atoms. The molecule has 1 fully saturated rings. The largest absolute Gasteiger partial charge is 0.374 e. The number of hydrogen-bond donors (Lipinski definition) is 2. The van der Waals surface area contributed by atoms with Gasteiger partial charge in [-0.15, -0.1) is 0 Å². The van der Waals surface area contributed by atoms with Gasteiger partial charge < -0.3 is 10.7 Å². The van der Waals surface area contributed by atoms with Crippen molar-refractivity contribution in [3.63, 3.8) is 0 Å². The number of nitrogens with one attached hydrogen (secondary N) is 2. The summed E-state index contributed by atoms with van der Waals surface area (Å²) in [5.41, 5.74) is 0.579. The minimum atomic E-state index is 0.579. The molecular formula is C4H6N2S. The van der Waals surface area contributed by atoms with Crippen molar-refractivity contribution in [2.45, 2.75) is 6.42 Å². The second-order valence-electron chi connectivity index (χ2n) is 1.48. The average Bonchev–Trinajstić information content (AvgIpc) is 1.91. The molecule has 0 atom stereocenters. The molecule has 1 saturated heterocycles. The number of thiocarbonyl (C=S) groups is 1. The maximum atomic E-state index is 7.05. The van der Waals surface area contributed by atoms with Crippen LogP contribution in [0, 0.1) is 5.41 Å². The highest BCUT2D eigenvalue weighted by Crippen LogP contribution is 1.92. The molecule has 2 N–H and O–H groups in total. The van der Waals surface area contributed by atoms with Gasteiger partial charge in [-0.2, -0.15) is 0 Å². The molecule has 0 amide bonds. The topological polar surface area (TPSA) is 35.9 Å². The first-order chi connectivity index (χ1) is 3.30. The van der Waals surface area contributed by atoms with Crippen LogP contribution in [0.1, 0.15) is 6.42 Å². The van der Waals surface area contributed by atoms with E-state index in [-0.39, 0.29) is 0 Å². The fraction of sp³-hybridized carbons (Fsp3) is 0.500. The van der Waals surface area contributed by atoms with Crippen molar-refractivity contribution < 1.29 is 0 Å². The first-order valence-electron chi connectivity index (χ1n) is 2.16. The minimum absolute atomic E-state index is 0.579. The Bertz CT molecular complexity index is 105. The second-order valence-corrected chi connectivity index (χ2v) is 1.89. The van der Waals surface area contributed by atoms with Crippen molar-refractivity contribution >= 4 is 22.9 Å². The van der Waals surface area contributed by atoms with Crippen LogP contribution in [-0.2, 0) is 0 Å². The maximum absolute atomic E-state index is 7.05. The Kier molecular flexibility index (Phi) is 1.06. The fourth-order valence-corrected chi connectivity index (χ4v) is 0.725. The van der Waals surface area contributed by atoms with Crippen molar-refractivity contribution in [3.8, 4) is 0 Å². The van der Waals surface area contributed by atoms with Crippen LogP contribution in [0.3, 0.4) is 0 Å². The molecule has 0 radical (unpaired) electrons. The summed E-state index contributed by atoms with van der Waals surface area (Å²) < 4.78 is 0. The molecular weight excluding hydrogens is 108 g/mol. The summed E-state index contributed by atoms with van der Waals surface area (Å²) in [5.74, 6) is 0. The molecule has 0 aromatic rings. The van der Waals surface area contributed by atoms with E-state index in [1.165, 1.54) is 0 Å². The SMILES string of the molecule is N=C1CCNC1=S. The lowest BCUT2D eigenvalue weighted by Gasteiger charge is -1.85. The first kappa shape index (κ1) is 4.71. The highest BCUT2D eigenvalue weighted by atomic mass is 32.1. The van der Waals surface area contributed by atoms with Crippen LogP contribution >= 0.6 is 12.2 Å². The lowest BCUT2D eigenvalue weighted by atomic mass is 10.3. The van der Waals surface area contributed by atoms with Crippen molar-refractivity contribution in [1.29, 1.82) is 5.41 Å². The van der Waals surface area contributed by atoms with Gasteiger partial charge in [-0.1, -0.05) is 12.2 Å². The summed E-state index contributed by atoms with van der Waals surface area (Å²) in [6.45, 7) is 0.859. The molecule has 0 bridgehead atoms. The molecule has 38 valence electrons. The quantitative estimate of drug-likeness (QED) is 0.445. The molecule has 0 aromatic heterocycles. The van der Waals surface area contributed by atoms with E-state index < -0.39 is 0 Å². The molecule has 0 unspecified atom stereocenters. The maximum Gasteiger partial charge on any atom is 0.120 e. The van der Waals surface area contributed by atoms with Gasteiger partial charge in [0, 0.05) is 13.0 Å². The summed E-state index contributed by atoms with van der Waals surface area (Å²) in [6.07, 6.45) is 0.804. The highest BCUT2D eigenvalue weighted by molar-refractivity contribution is 7.82. The third-order valence-electron chi connectivity index (χ3n) is 0.935. The van der Waals surface area contributed by atoms with Crippen LogP contribution < -0.4 is 5.32 Å². The summed E-state index contributed by atoms with van der Waals surface area (Å²) in [6, 6.07) is 0. The third-order valence-corrected chi connectivity index (χ3v) is 1.33. The summed E-state index contributed by atoms with van der Waals surface area (Å²) in [5, 5.41) is 9.93. The van der Waals surface area contributed by atoms with Crippen molar-refractivity contribution in [3.05, 3.63) is 0 Å². The average molecular weight is 114 g/mol. The van der Waals surface area contributed by atoms with Gasteiger partial charge in [0.05, 0.1) is 5.71 Å². The Morgan fingerprint density at radius 2 is 2.43 bits per heavy atom. The molecule has 0 aliphatic carbocycles. The second kappa shape index (κ2) is 1.58. The molecule has 0 saturated carbocycles. The van der Waals surface area contributed by atoms with Crippen molar-refractivity contribution in [2.24, 2.45) is 0 Å². The Morgan fingerprint density at radius 3 is 2.57 bits per heavy atom. The zero-order chi connectivity index (χ0) is 5.28. The fourth-order valence-electron chi connectivity index (χ4n) is 0.521. The molecule has 1 rings (SSSR count). The predicted octanol–water partition coefficient (Wildman–Crippen LogP) is 0.327. The van der Waals surface area contributed by atoms with E-state index >= 15 is 0 Å². The Morgan fingerprint density at radius 1 is 1.71 bits per heavy atom. The molecule has 2 nitrogen and oxygen atoms in total. The van der Waals surface area contributed by atoms with Gasteiger partial charge in [-0.05, 0) is 0 Å². The van der Waals surface area contributed by atoms with Gasteiger partial charge in [0.1, 0.15) is 4.99 Å². The third kappa shape index (κ3) is 0.771. The van der Waals surface area contributed by atoms with Gasteiger partial charge in [-0.25, -0.2) is 0 Å². The Labute approximate surface area is 47.4 Å². The Balaban J connectivity index is 2.65. The molecule has 1 heterocycles. The minimum Gasteiger partial charge on any atom is -0.374 e. The van der Waals surface area contributed by atoms with E-state index in [9.17, 15) is 0 Å². The van der Waals surface area contributed by atoms with Crippen molar-refractivity contribution in [1.82, 2.24) is 5.32 Å². The van der Waals surface area contributed by atoms with E-state index in [0.29, 0.717) is 10.7 Å². The molecule has 0 aromatic carbocycles. The van der Waals surface area contributed by atoms with Crippen LogP contribution in [0.4, 0.5) is 0 Å². The van der Waals surface area contributed by atoms with Crippen LogP contribution in [-0.4, -0.2) is 17.2 Å². The van der Waals surface area contributed by atoms with Gasteiger partial charge in [0.15, 0.2) is 0 Å². The zero-order valence-corrected chi connectivity index (χ0v) is 4.64. The molecule has 3 heteroatoms. The summed E-state index contributed by atoms with van der Waals surface area (Å²) in [7, 11) is 0. The normalized spacial score (nSPS) is 20.0. The summed E-state index contributed by atoms with van der Waals surface area (Å²) in [4.78, 5) is 0.625. The molecule has 1 aliphatic heterocycles. The van der Waals surface area contributed by atoms with Gasteiger partial charge in [0.25, 0.3) is 0 Å². The lowest BCUT2D eigenvalue weighted by molar-refractivity contribution is 0.977. The van der Waals surface area contributed by atoms with Crippen LogP contribution in [0.25, 0.3) is 0 Å². The summed E-state index contributed by atoms with van der Waals surface area (Å²) >= 11 is 4.71. The Hall–Kier alpha value is -0.440. The smallest absolute Gasteiger partial charge is 0.120 e. The number of rotatable bonds is 0. The van der Waals surface area contributed by atoms with Crippen molar-refractivity contribution in [2.75, 3.05) is 6.54 Å². The highest BCUT2D eigenvalue weighted by Gasteiger charge is 2.09. The van der Waals surface area contributed by atoms with E-state index in [0.717, 1.165) is 13.0 Å². The van der Waals surface area contributed by atoms with E-state index in [1.807, 2.05) is 0 Å². The van der Waals surface area contributed by atoms with Crippen LogP contribution in [0.2, 0.25) is 0 Å². The van der Waals surface area contributed by atoms with Gasteiger partial charge in [0.2, 0.25) is 0 Å². The van der Waals surface area contributed by atoms with Crippen LogP contribution in [0.15, 0.2) is 0 Å². The van der Waals surface area contributed by atoms with Crippen LogP contribution in [0.5, 0.6) is 0 Å². The molecule has 0 spiro atoms. The standard InChI is InChI=1S/C4H6N2S/c5-3-1-2-6-4(3)7/h5H,1-2H2,(H,6,7). The van der Waals surface area contributed by atoms with Gasteiger partial charge >= 0.3 is 0 Å². The lowest BCUT2D eigenvalue weighted by Crippen LogP contribution is -2.15. The number of hydrogen-bond acceptors (Lipinski definition) is 2. The monoisotopic (exact) mass is 114 g/mol. The molecule has 1 aliphatic rings. The van der Waals surface area contributed by atoms with E-state index in [1.54, 1.807) is 0 Å².